The Bertz CT molecular complexity index is 914. The van der Waals surface area contributed by atoms with E-state index in [0.717, 1.165) is 24.3 Å². The van der Waals surface area contributed by atoms with E-state index in [0.29, 0.717) is 6.07 Å². The molecule has 28 heavy (non-hydrogen) atoms. The topological polar surface area (TPSA) is 108 Å². The average Bonchev–Trinajstić information content (AvgIpc) is 2.65. The summed E-state index contributed by atoms with van der Waals surface area (Å²) >= 11 is 0. The smallest absolute Gasteiger partial charge is 0.416 e. The molecule has 0 saturated carbocycles. The third kappa shape index (κ3) is 5.19. The first-order valence-corrected chi connectivity index (χ1v) is 7.58. The number of alkyl halides is 3. The van der Waals surface area contributed by atoms with Gasteiger partial charge in [-0.2, -0.15) is 13.2 Å². The van der Waals surface area contributed by atoms with E-state index in [2.05, 4.69) is 10.1 Å². The van der Waals surface area contributed by atoms with E-state index < -0.39 is 35.1 Å². The summed E-state index contributed by atoms with van der Waals surface area (Å²) in [5.41, 5.74) is -1.75. The second-order valence-electron chi connectivity index (χ2n) is 5.34. The van der Waals surface area contributed by atoms with Gasteiger partial charge in [0.05, 0.1) is 28.8 Å². The van der Waals surface area contributed by atoms with E-state index in [1.807, 2.05) is 0 Å². The molecule has 0 unspecified atom stereocenters. The highest BCUT2D eigenvalue weighted by Crippen LogP contribution is 2.30. The predicted octanol–water partition coefficient (Wildman–Crippen LogP) is 3.42. The van der Waals surface area contributed by atoms with E-state index in [-0.39, 0.29) is 22.7 Å². The number of rotatable bonds is 6. The Morgan fingerprint density at radius 2 is 1.89 bits per heavy atom. The van der Waals surface area contributed by atoms with Gasteiger partial charge < -0.3 is 14.8 Å². The zero-order valence-corrected chi connectivity index (χ0v) is 14.3. The molecule has 2 aromatic carbocycles. The summed E-state index contributed by atoms with van der Waals surface area (Å²) in [7, 11) is 1.28. The van der Waals surface area contributed by atoms with Crippen molar-refractivity contribution in [2.24, 2.45) is 0 Å². The molecule has 2 rings (SSSR count). The molecule has 8 nitrogen and oxygen atoms in total. The number of carbonyl (C=O) groups is 2. The quantitative estimate of drug-likeness (QED) is 0.454. The Kier molecular flexibility index (Phi) is 6.18. The number of anilines is 1. The molecule has 1 N–H and O–H groups in total. The molecule has 0 aliphatic carbocycles. The molecule has 0 heterocycles. The molecule has 0 aliphatic rings. The monoisotopic (exact) mass is 398 g/mol. The second kappa shape index (κ2) is 8.37. The van der Waals surface area contributed by atoms with Crippen LogP contribution in [-0.4, -0.2) is 30.5 Å². The number of carbonyl (C=O) groups excluding carboxylic acids is 2. The maximum absolute atomic E-state index is 12.7. The maximum atomic E-state index is 12.7. The fourth-order valence-electron chi connectivity index (χ4n) is 2.13. The number of benzene rings is 2. The SMILES string of the molecule is COc1ccc([N+](=O)[O-])cc1NC(=O)COC(=O)c1cccc(C(F)(F)F)c1. The van der Waals surface area contributed by atoms with Gasteiger partial charge in [0.2, 0.25) is 0 Å². The molecular formula is C17H13F3N2O6. The van der Waals surface area contributed by atoms with E-state index >= 15 is 0 Å². The van der Waals surface area contributed by atoms with Crippen molar-refractivity contribution in [2.45, 2.75) is 6.18 Å². The van der Waals surface area contributed by atoms with Gasteiger partial charge in [-0.15, -0.1) is 0 Å². The highest BCUT2D eigenvalue weighted by atomic mass is 19.4. The highest BCUT2D eigenvalue weighted by Gasteiger charge is 2.31. The van der Waals surface area contributed by atoms with Crippen LogP contribution in [0.4, 0.5) is 24.5 Å². The summed E-state index contributed by atoms with van der Waals surface area (Å²) in [4.78, 5) is 33.9. The van der Waals surface area contributed by atoms with Crippen molar-refractivity contribution >= 4 is 23.3 Å². The van der Waals surface area contributed by atoms with Crippen LogP contribution >= 0.6 is 0 Å². The molecule has 0 aliphatic heterocycles. The molecule has 0 bridgehead atoms. The van der Waals surface area contributed by atoms with Gasteiger partial charge in [-0.05, 0) is 24.3 Å². The molecule has 0 fully saturated rings. The third-order valence-corrected chi connectivity index (χ3v) is 3.43. The van der Waals surface area contributed by atoms with Gasteiger partial charge in [0.15, 0.2) is 6.61 Å². The van der Waals surface area contributed by atoms with Crippen molar-refractivity contribution in [3.8, 4) is 5.75 Å². The summed E-state index contributed by atoms with van der Waals surface area (Å²) in [5, 5.41) is 13.1. The number of halogens is 3. The Morgan fingerprint density at radius 1 is 1.18 bits per heavy atom. The summed E-state index contributed by atoms with van der Waals surface area (Å²) in [6, 6.07) is 7.02. The van der Waals surface area contributed by atoms with Gasteiger partial charge in [-0.3, -0.25) is 14.9 Å². The van der Waals surface area contributed by atoms with Crippen molar-refractivity contribution in [3.63, 3.8) is 0 Å². The minimum absolute atomic E-state index is 0.0307. The number of ether oxygens (including phenoxy) is 2. The fourth-order valence-corrected chi connectivity index (χ4v) is 2.13. The first-order valence-electron chi connectivity index (χ1n) is 7.58. The first-order chi connectivity index (χ1) is 13.1. The van der Waals surface area contributed by atoms with Gasteiger partial charge in [0, 0.05) is 12.1 Å². The third-order valence-electron chi connectivity index (χ3n) is 3.43. The van der Waals surface area contributed by atoms with E-state index in [1.165, 1.54) is 19.2 Å². The Balaban J connectivity index is 2.04. The number of hydrogen-bond acceptors (Lipinski definition) is 6. The van der Waals surface area contributed by atoms with E-state index in [4.69, 9.17) is 4.74 Å². The van der Waals surface area contributed by atoms with Crippen molar-refractivity contribution in [3.05, 3.63) is 63.7 Å². The summed E-state index contributed by atoms with van der Waals surface area (Å²) in [6.07, 6.45) is -4.63. The minimum atomic E-state index is -4.63. The average molecular weight is 398 g/mol. The van der Waals surface area contributed by atoms with Crippen LogP contribution < -0.4 is 10.1 Å². The van der Waals surface area contributed by atoms with Gasteiger partial charge in [-0.25, -0.2) is 4.79 Å². The lowest BCUT2D eigenvalue weighted by molar-refractivity contribution is -0.384. The fraction of sp³-hybridized carbons (Fsp3) is 0.176. The molecule has 11 heteroatoms. The largest absolute Gasteiger partial charge is 0.495 e. The summed E-state index contributed by atoms with van der Waals surface area (Å²) in [5.74, 6) is -1.87. The Morgan fingerprint density at radius 3 is 2.50 bits per heavy atom. The molecule has 0 atom stereocenters. The molecule has 0 aromatic heterocycles. The van der Waals surface area contributed by atoms with Crippen LogP contribution in [0.15, 0.2) is 42.5 Å². The van der Waals surface area contributed by atoms with Gasteiger partial charge in [0.1, 0.15) is 5.75 Å². The zero-order valence-electron chi connectivity index (χ0n) is 14.3. The van der Waals surface area contributed by atoms with Crippen LogP contribution in [-0.2, 0) is 15.7 Å². The number of amides is 1. The second-order valence-corrected chi connectivity index (χ2v) is 5.34. The van der Waals surface area contributed by atoms with Crippen LogP contribution in [0.25, 0.3) is 0 Å². The van der Waals surface area contributed by atoms with Crippen molar-refractivity contribution in [1.82, 2.24) is 0 Å². The lowest BCUT2D eigenvalue weighted by atomic mass is 10.1. The Hall–Kier alpha value is -3.63. The van der Waals surface area contributed by atoms with Crippen LogP contribution in [0.1, 0.15) is 15.9 Å². The number of nitro benzene ring substituents is 1. The van der Waals surface area contributed by atoms with Gasteiger partial charge in [-0.1, -0.05) is 6.07 Å². The van der Waals surface area contributed by atoms with E-state index in [1.54, 1.807) is 0 Å². The van der Waals surface area contributed by atoms with Crippen LogP contribution in [0.3, 0.4) is 0 Å². The highest BCUT2D eigenvalue weighted by molar-refractivity contribution is 5.96. The predicted molar refractivity (Wildman–Crippen MR) is 90.0 cm³/mol. The molecule has 1 amide bonds. The number of esters is 1. The minimum Gasteiger partial charge on any atom is -0.495 e. The number of non-ortho nitro benzene ring substituents is 1. The molecule has 2 aromatic rings. The molecular weight excluding hydrogens is 385 g/mol. The number of nitro groups is 1. The standard InChI is InChI=1S/C17H13F3N2O6/c1-27-14-6-5-12(22(25)26)8-13(14)21-15(23)9-28-16(24)10-3-2-4-11(7-10)17(18,19)20/h2-8H,9H2,1H3,(H,21,23). The molecule has 0 radical (unpaired) electrons. The maximum Gasteiger partial charge on any atom is 0.416 e. The van der Waals surface area contributed by atoms with Crippen LogP contribution in [0, 0.1) is 10.1 Å². The molecule has 148 valence electrons. The molecule has 0 spiro atoms. The van der Waals surface area contributed by atoms with Crippen molar-refractivity contribution in [1.29, 1.82) is 0 Å². The van der Waals surface area contributed by atoms with Gasteiger partial charge >= 0.3 is 12.1 Å². The van der Waals surface area contributed by atoms with Crippen molar-refractivity contribution < 1.29 is 37.2 Å². The molecule has 0 saturated heterocycles. The lowest BCUT2D eigenvalue weighted by Crippen LogP contribution is -2.21. The van der Waals surface area contributed by atoms with Crippen molar-refractivity contribution in [2.75, 3.05) is 19.0 Å². The number of nitrogens with zero attached hydrogens (tertiary/aromatic N) is 1. The lowest BCUT2D eigenvalue weighted by Gasteiger charge is -2.11. The van der Waals surface area contributed by atoms with Crippen LogP contribution in [0.5, 0.6) is 5.75 Å². The number of hydrogen-bond donors (Lipinski definition) is 1. The van der Waals surface area contributed by atoms with E-state index in [9.17, 15) is 32.9 Å². The Labute approximate surface area is 156 Å². The summed E-state index contributed by atoms with van der Waals surface area (Å²) < 4.78 is 47.7. The van der Waals surface area contributed by atoms with Gasteiger partial charge in [0.25, 0.3) is 11.6 Å². The zero-order chi connectivity index (χ0) is 20.9. The summed E-state index contributed by atoms with van der Waals surface area (Å²) in [6.45, 7) is -0.819. The number of methoxy groups -OCH3 is 1. The normalized spacial score (nSPS) is 10.9. The number of nitrogens with one attached hydrogen (secondary N) is 1. The first kappa shape index (κ1) is 20.7. The van der Waals surface area contributed by atoms with Crippen LogP contribution in [0.2, 0.25) is 0 Å².